The Morgan fingerprint density at radius 2 is 2.11 bits per heavy atom. The number of hydrogen-bond donors (Lipinski definition) is 1. The molecule has 18 heavy (non-hydrogen) atoms. The van der Waals surface area contributed by atoms with Crippen molar-refractivity contribution in [3.63, 3.8) is 0 Å². The van der Waals surface area contributed by atoms with Gasteiger partial charge in [0.1, 0.15) is 4.90 Å². The lowest BCUT2D eigenvalue weighted by Crippen LogP contribution is -2.40. The van der Waals surface area contributed by atoms with Crippen LogP contribution in [0.2, 0.25) is 0 Å². The maximum absolute atomic E-state index is 12.1. The van der Waals surface area contributed by atoms with Crippen LogP contribution >= 0.6 is 11.6 Å². The molecule has 2 atom stereocenters. The Morgan fingerprint density at radius 1 is 1.39 bits per heavy atom. The minimum absolute atomic E-state index is 0.126. The first-order valence-electron chi connectivity index (χ1n) is 6.14. The van der Waals surface area contributed by atoms with E-state index in [9.17, 15) is 8.42 Å². The predicted molar refractivity (Wildman–Crippen MR) is 70.0 cm³/mol. The van der Waals surface area contributed by atoms with Crippen molar-refractivity contribution in [1.29, 1.82) is 0 Å². The number of hydrogen-bond acceptors (Lipinski definition) is 3. The van der Waals surface area contributed by atoms with Crippen LogP contribution in [-0.2, 0) is 17.1 Å². The van der Waals surface area contributed by atoms with Gasteiger partial charge in [-0.2, -0.15) is 5.10 Å². The van der Waals surface area contributed by atoms with Gasteiger partial charge in [-0.1, -0.05) is 19.3 Å². The molecule has 1 fully saturated rings. The van der Waals surface area contributed by atoms with Crippen LogP contribution in [0.1, 0.15) is 32.1 Å². The van der Waals surface area contributed by atoms with E-state index in [4.69, 9.17) is 11.6 Å². The quantitative estimate of drug-likeness (QED) is 0.680. The zero-order chi connectivity index (χ0) is 13.2. The maximum Gasteiger partial charge on any atom is 0.243 e. The van der Waals surface area contributed by atoms with Crippen molar-refractivity contribution in [1.82, 2.24) is 14.5 Å². The Kier molecular flexibility index (Phi) is 4.29. The minimum Gasteiger partial charge on any atom is -0.274 e. The summed E-state index contributed by atoms with van der Waals surface area (Å²) in [6, 6.07) is -0.181. The molecule has 2 unspecified atom stereocenters. The topological polar surface area (TPSA) is 64.0 Å². The van der Waals surface area contributed by atoms with Gasteiger partial charge in [0.2, 0.25) is 10.0 Å². The summed E-state index contributed by atoms with van der Waals surface area (Å²) in [4.78, 5) is 0.193. The number of alkyl halides is 1. The SMILES string of the molecule is Cn1cc(S(=O)(=O)NC2CCCCCC2Cl)cn1. The van der Waals surface area contributed by atoms with Gasteiger partial charge in [-0.25, -0.2) is 13.1 Å². The Labute approximate surface area is 113 Å². The summed E-state index contributed by atoms with van der Waals surface area (Å²) in [5.41, 5.74) is 0. The fraction of sp³-hybridized carbons (Fsp3) is 0.727. The highest BCUT2D eigenvalue weighted by molar-refractivity contribution is 7.89. The second kappa shape index (κ2) is 5.59. The number of sulfonamides is 1. The van der Waals surface area contributed by atoms with Crippen LogP contribution in [0.3, 0.4) is 0 Å². The van der Waals surface area contributed by atoms with Crippen LogP contribution in [0.25, 0.3) is 0 Å². The molecule has 0 amide bonds. The molecule has 1 aromatic rings. The van der Waals surface area contributed by atoms with E-state index in [1.54, 1.807) is 7.05 Å². The Morgan fingerprint density at radius 3 is 2.78 bits per heavy atom. The third-order valence-electron chi connectivity index (χ3n) is 3.23. The van der Waals surface area contributed by atoms with E-state index in [0.717, 1.165) is 32.1 Å². The smallest absolute Gasteiger partial charge is 0.243 e. The van der Waals surface area contributed by atoms with Crippen molar-refractivity contribution in [3.8, 4) is 0 Å². The van der Waals surface area contributed by atoms with Crippen molar-refractivity contribution in [2.75, 3.05) is 0 Å². The van der Waals surface area contributed by atoms with Crippen LogP contribution < -0.4 is 4.72 Å². The van der Waals surface area contributed by atoms with Gasteiger partial charge in [-0.3, -0.25) is 4.68 Å². The Bertz CT molecular complexity index is 500. The van der Waals surface area contributed by atoms with E-state index < -0.39 is 10.0 Å². The molecule has 0 saturated heterocycles. The fourth-order valence-corrected chi connectivity index (χ4v) is 3.91. The first-order valence-corrected chi connectivity index (χ1v) is 8.06. The second-order valence-electron chi connectivity index (χ2n) is 4.73. The van der Waals surface area contributed by atoms with E-state index >= 15 is 0 Å². The zero-order valence-corrected chi connectivity index (χ0v) is 11.9. The molecule has 1 heterocycles. The van der Waals surface area contributed by atoms with Gasteiger partial charge in [0.05, 0.1) is 6.20 Å². The van der Waals surface area contributed by atoms with Crippen molar-refractivity contribution in [2.24, 2.45) is 7.05 Å². The summed E-state index contributed by atoms with van der Waals surface area (Å²) in [5.74, 6) is 0. The molecule has 1 aromatic heterocycles. The van der Waals surface area contributed by atoms with Crippen LogP contribution in [0.5, 0.6) is 0 Å². The van der Waals surface area contributed by atoms with E-state index in [2.05, 4.69) is 9.82 Å². The molecular formula is C11H18ClN3O2S. The number of nitrogens with one attached hydrogen (secondary N) is 1. The lowest BCUT2D eigenvalue weighted by molar-refractivity contribution is 0.514. The van der Waals surface area contributed by atoms with Crippen LogP contribution in [0.4, 0.5) is 0 Å². The lowest BCUT2D eigenvalue weighted by atomic mass is 10.1. The van der Waals surface area contributed by atoms with Gasteiger partial charge in [0.15, 0.2) is 0 Å². The Hall–Kier alpha value is -0.590. The van der Waals surface area contributed by atoms with Crippen molar-refractivity contribution < 1.29 is 8.42 Å². The van der Waals surface area contributed by atoms with Gasteiger partial charge >= 0.3 is 0 Å². The largest absolute Gasteiger partial charge is 0.274 e. The summed E-state index contributed by atoms with van der Waals surface area (Å²) < 4.78 is 28.5. The van der Waals surface area contributed by atoms with Gasteiger partial charge in [0.25, 0.3) is 0 Å². The zero-order valence-electron chi connectivity index (χ0n) is 10.3. The highest BCUT2D eigenvalue weighted by Crippen LogP contribution is 2.23. The molecule has 5 nitrogen and oxygen atoms in total. The summed E-state index contributed by atoms with van der Waals surface area (Å²) in [6.45, 7) is 0. The highest BCUT2D eigenvalue weighted by Gasteiger charge is 2.27. The molecule has 1 N–H and O–H groups in total. The molecule has 0 aliphatic heterocycles. The molecule has 1 saturated carbocycles. The molecule has 102 valence electrons. The second-order valence-corrected chi connectivity index (χ2v) is 7.01. The van der Waals surface area contributed by atoms with Crippen molar-refractivity contribution in [2.45, 2.75) is 48.4 Å². The normalized spacial score (nSPS) is 25.9. The number of halogens is 1. The minimum atomic E-state index is -3.51. The van der Waals surface area contributed by atoms with Crippen molar-refractivity contribution >= 4 is 21.6 Å². The lowest BCUT2D eigenvalue weighted by Gasteiger charge is -2.20. The molecule has 7 heteroatoms. The molecule has 0 bridgehead atoms. The number of rotatable bonds is 3. The van der Waals surface area contributed by atoms with E-state index in [-0.39, 0.29) is 16.3 Å². The Balaban J connectivity index is 2.11. The first kappa shape index (κ1) is 13.8. The molecule has 1 aliphatic carbocycles. The third kappa shape index (κ3) is 3.24. The first-order chi connectivity index (χ1) is 8.49. The summed E-state index contributed by atoms with van der Waals surface area (Å²) in [5, 5.41) is 3.75. The molecule has 0 aromatic carbocycles. The number of aromatic nitrogens is 2. The monoisotopic (exact) mass is 291 g/mol. The average Bonchev–Trinajstić information content (AvgIpc) is 2.65. The van der Waals surface area contributed by atoms with Crippen molar-refractivity contribution in [3.05, 3.63) is 12.4 Å². The summed E-state index contributed by atoms with van der Waals surface area (Å²) in [7, 11) is -1.82. The molecule has 0 spiro atoms. The molecule has 1 aliphatic rings. The van der Waals surface area contributed by atoms with Gasteiger partial charge in [-0.15, -0.1) is 11.6 Å². The molecule has 0 radical (unpaired) electrons. The highest BCUT2D eigenvalue weighted by atomic mass is 35.5. The standard InChI is InChI=1S/C11H18ClN3O2S/c1-15-8-9(7-13-15)18(16,17)14-11-6-4-2-3-5-10(11)12/h7-8,10-11,14H,2-6H2,1H3. The number of aryl methyl sites for hydroxylation is 1. The fourth-order valence-electron chi connectivity index (χ4n) is 2.20. The van der Waals surface area contributed by atoms with Crippen LogP contribution in [-0.4, -0.2) is 29.6 Å². The third-order valence-corrected chi connectivity index (χ3v) is 5.20. The van der Waals surface area contributed by atoms with Gasteiger partial charge in [-0.05, 0) is 12.8 Å². The van der Waals surface area contributed by atoms with Gasteiger partial charge < -0.3 is 0 Å². The summed E-state index contributed by atoms with van der Waals surface area (Å²) in [6.07, 6.45) is 7.71. The van der Waals surface area contributed by atoms with E-state index in [1.165, 1.54) is 17.1 Å². The van der Waals surface area contributed by atoms with Crippen LogP contribution in [0, 0.1) is 0 Å². The maximum atomic E-state index is 12.1. The van der Waals surface area contributed by atoms with E-state index in [1.807, 2.05) is 0 Å². The van der Waals surface area contributed by atoms with Gasteiger partial charge in [0, 0.05) is 24.7 Å². The van der Waals surface area contributed by atoms with Crippen LogP contribution in [0.15, 0.2) is 17.3 Å². The summed E-state index contributed by atoms with van der Waals surface area (Å²) >= 11 is 6.24. The van der Waals surface area contributed by atoms with E-state index in [0.29, 0.717) is 0 Å². The molecular weight excluding hydrogens is 274 g/mol. The molecule has 2 rings (SSSR count). The predicted octanol–water partition coefficient (Wildman–Crippen LogP) is 1.64. The number of nitrogens with zero attached hydrogens (tertiary/aromatic N) is 2. The average molecular weight is 292 g/mol.